The van der Waals surface area contributed by atoms with E-state index in [0.29, 0.717) is 6.04 Å². The van der Waals surface area contributed by atoms with Gasteiger partial charge in [0.1, 0.15) is 0 Å². The predicted molar refractivity (Wildman–Crippen MR) is 79.5 cm³/mol. The van der Waals surface area contributed by atoms with Crippen molar-refractivity contribution in [3.8, 4) is 0 Å². The molecule has 0 aliphatic carbocycles. The molecule has 0 bridgehead atoms. The van der Waals surface area contributed by atoms with Gasteiger partial charge in [-0.1, -0.05) is 31.2 Å². The molecule has 1 unspecified atom stereocenters. The van der Waals surface area contributed by atoms with Crippen LogP contribution in [-0.4, -0.2) is 48.8 Å². The molecule has 0 amide bonds. The Kier molecular flexibility index (Phi) is 5.83. The van der Waals surface area contributed by atoms with Crippen LogP contribution in [0, 0.1) is 0 Å². The molecule has 1 aliphatic rings. The molecule has 1 saturated heterocycles. The Morgan fingerprint density at radius 2 is 1.79 bits per heavy atom. The van der Waals surface area contributed by atoms with E-state index >= 15 is 0 Å². The van der Waals surface area contributed by atoms with Gasteiger partial charge in [0, 0.05) is 32.2 Å². The van der Waals surface area contributed by atoms with Crippen LogP contribution in [0.2, 0.25) is 0 Å². The van der Waals surface area contributed by atoms with E-state index in [1.165, 1.54) is 11.1 Å². The molecule has 1 aliphatic heterocycles. The number of rotatable bonds is 6. The number of hydrogen-bond acceptors (Lipinski definition) is 3. The van der Waals surface area contributed by atoms with Gasteiger partial charge in [-0.15, -0.1) is 0 Å². The summed E-state index contributed by atoms with van der Waals surface area (Å²) in [5, 5.41) is 12.9. The average Bonchev–Trinajstić information content (AvgIpc) is 2.49. The van der Waals surface area contributed by atoms with Crippen molar-refractivity contribution in [3.63, 3.8) is 0 Å². The number of aliphatic hydroxyl groups excluding tert-OH is 1. The molecule has 0 radical (unpaired) electrons. The molecule has 0 saturated carbocycles. The average molecular weight is 262 g/mol. The third-order valence-corrected chi connectivity index (χ3v) is 4.08. The van der Waals surface area contributed by atoms with E-state index in [0.717, 1.165) is 45.4 Å². The Labute approximate surface area is 116 Å². The molecule has 1 aromatic carbocycles. The number of nitrogens with zero attached hydrogens (tertiary/aromatic N) is 1. The first kappa shape index (κ1) is 14.5. The molecule has 106 valence electrons. The summed E-state index contributed by atoms with van der Waals surface area (Å²) in [6.45, 7) is 6.65. The number of nitrogens with one attached hydrogen (secondary N) is 1. The van der Waals surface area contributed by atoms with E-state index in [4.69, 9.17) is 0 Å². The summed E-state index contributed by atoms with van der Waals surface area (Å²) in [5.41, 5.74) is 2.77. The zero-order chi connectivity index (χ0) is 13.5. The second-order valence-corrected chi connectivity index (χ2v) is 5.33. The highest BCUT2D eigenvalue weighted by Gasteiger charge is 2.19. The second-order valence-electron chi connectivity index (χ2n) is 5.33. The van der Waals surface area contributed by atoms with Crippen LogP contribution < -0.4 is 5.32 Å². The van der Waals surface area contributed by atoms with Crippen molar-refractivity contribution in [1.29, 1.82) is 0 Å². The maximum absolute atomic E-state index is 9.58. The highest BCUT2D eigenvalue weighted by atomic mass is 16.3. The lowest BCUT2D eigenvalue weighted by Gasteiger charge is -2.34. The summed E-state index contributed by atoms with van der Waals surface area (Å²) in [6, 6.07) is 9.20. The van der Waals surface area contributed by atoms with Gasteiger partial charge in [0.15, 0.2) is 0 Å². The molecule has 3 heteroatoms. The van der Waals surface area contributed by atoms with Crippen molar-refractivity contribution in [2.45, 2.75) is 32.2 Å². The van der Waals surface area contributed by atoms with Gasteiger partial charge >= 0.3 is 0 Å². The molecule has 1 aromatic rings. The van der Waals surface area contributed by atoms with Gasteiger partial charge in [-0.05, 0) is 30.4 Å². The van der Waals surface area contributed by atoms with E-state index < -0.39 is 0 Å². The SMILES string of the molecule is CCc1ccc(CCC(CO)N2CCNCC2)cc1. The Hall–Kier alpha value is -0.900. The number of aliphatic hydroxyl groups is 1. The van der Waals surface area contributed by atoms with Gasteiger partial charge in [-0.3, -0.25) is 4.90 Å². The van der Waals surface area contributed by atoms with Crippen molar-refractivity contribution in [1.82, 2.24) is 10.2 Å². The molecule has 2 rings (SSSR count). The minimum Gasteiger partial charge on any atom is -0.395 e. The van der Waals surface area contributed by atoms with Gasteiger partial charge in [0.25, 0.3) is 0 Å². The Morgan fingerprint density at radius 1 is 1.16 bits per heavy atom. The van der Waals surface area contributed by atoms with Gasteiger partial charge in [-0.25, -0.2) is 0 Å². The standard InChI is InChI=1S/C16H26N2O/c1-2-14-3-5-15(6-4-14)7-8-16(13-19)18-11-9-17-10-12-18/h3-6,16-17,19H,2,7-13H2,1H3. The van der Waals surface area contributed by atoms with Crippen LogP contribution in [-0.2, 0) is 12.8 Å². The normalized spacial score (nSPS) is 18.4. The zero-order valence-corrected chi connectivity index (χ0v) is 11.9. The zero-order valence-electron chi connectivity index (χ0n) is 11.9. The van der Waals surface area contributed by atoms with Gasteiger partial charge in [0.2, 0.25) is 0 Å². The summed E-state index contributed by atoms with van der Waals surface area (Å²) in [5.74, 6) is 0. The summed E-state index contributed by atoms with van der Waals surface area (Å²) in [6.07, 6.45) is 3.20. The summed E-state index contributed by atoms with van der Waals surface area (Å²) < 4.78 is 0. The van der Waals surface area contributed by atoms with E-state index in [2.05, 4.69) is 41.4 Å². The fraction of sp³-hybridized carbons (Fsp3) is 0.625. The van der Waals surface area contributed by atoms with E-state index in [1.54, 1.807) is 0 Å². The largest absolute Gasteiger partial charge is 0.395 e. The number of benzene rings is 1. The van der Waals surface area contributed by atoms with Crippen molar-refractivity contribution < 1.29 is 5.11 Å². The Bertz CT molecular complexity index is 358. The molecule has 0 aromatic heterocycles. The molecular formula is C16H26N2O. The maximum atomic E-state index is 9.58. The summed E-state index contributed by atoms with van der Waals surface area (Å²) >= 11 is 0. The quantitative estimate of drug-likeness (QED) is 0.814. The van der Waals surface area contributed by atoms with Crippen LogP contribution >= 0.6 is 0 Å². The first-order valence-electron chi connectivity index (χ1n) is 7.47. The molecular weight excluding hydrogens is 236 g/mol. The first-order chi connectivity index (χ1) is 9.33. The fourth-order valence-electron chi connectivity index (χ4n) is 2.71. The highest BCUT2D eigenvalue weighted by molar-refractivity contribution is 5.22. The summed E-state index contributed by atoms with van der Waals surface area (Å²) in [7, 11) is 0. The van der Waals surface area contributed by atoms with Crippen molar-refractivity contribution in [2.24, 2.45) is 0 Å². The van der Waals surface area contributed by atoms with Crippen LogP contribution in [0.5, 0.6) is 0 Å². The molecule has 2 N–H and O–H groups in total. The monoisotopic (exact) mass is 262 g/mol. The van der Waals surface area contributed by atoms with Crippen molar-refractivity contribution in [2.75, 3.05) is 32.8 Å². The molecule has 3 nitrogen and oxygen atoms in total. The minimum atomic E-state index is 0.271. The van der Waals surface area contributed by atoms with Gasteiger partial charge in [0.05, 0.1) is 6.61 Å². The smallest absolute Gasteiger partial charge is 0.0587 e. The van der Waals surface area contributed by atoms with Gasteiger partial charge < -0.3 is 10.4 Å². The minimum absolute atomic E-state index is 0.271. The lowest BCUT2D eigenvalue weighted by molar-refractivity contribution is 0.104. The van der Waals surface area contributed by atoms with Crippen molar-refractivity contribution in [3.05, 3.63) is 35.4 Å². The first-order valence-corrected chi connectivity index (χ1v) is 7.47. The number of hydrogen-bond donors (Lipinski definition) is 2. The van der Waals surface area contributed by atoms with Crippen LogP contribution in [0.4, 0.5) is 0 Å². The van der Waals surface area contributed by atoms with Crippen molar-refractivity contribution >= 4 is 0 Å². The fourth-order valence-corrected chi connectivity index (χ4v) is 2.71. The third kappa shape index (κ3) is 4.30. The van der Waals surface area contributed by atoms with E-state index in [9.17, 15) is 5.11 Å². The summed E-state index contributed by atoms with van der Waals surface area (Å²) in [4.78, 5) is 2.41. The van der Waals surface area contributed by atoms with Crippen LogP contribution in [0.3, 0.4) is 0 Å². The molecule has 1 heterocycles. The molecule has 0 spiro atoms. The number of aryl methyl sites for hydroxylation is 2. The predicted octanol–water partition coefficient (Wildman–Crippen LogP) is 1.45. The Morgan fingerprint density at radius 3 is 2.37 bits per heavy atom. The molecule has 1 atom stereocenters. The van der Waals surface area contributed by atoms with Crippen LogP contribution in [0.15, 0.2) is 24.3 Å². The molecule has 19 heavy (non-hydrogen) atoms. The van der Waals surface area contributed by atoms with E-state index in [1.807, 2.05) is 0 Å². The maximum Gasteiger partial charge on any atom is 0.0587 e. The lowest BCUT2D eigenvalue weighted by Crippen LogP contribution is -2.49. The molecule has 1 fully saturated rings. The second kappa shape index (κ2) is 7.63. The highest BCUT2D eigenvalue weighted by Crippen LogP contribution is 2.12. The van der Waals surface area contributed by atoms with E-state index in [-0.39, 0.29) is 6.61 Å². The number of piperazine rings is 1. The topological polar surface area (TPSA) is 35.5 Å². The lowest BCUT2D eigenvalue weighted by atomic mass is 10.0. The Balaban J connectivity index is 1.84. The third-order valence-electron chi connectivity index (χ3n) is 4.08. The van der Waals surface area contributed by atoms with Crippen LogP contribution in [0.1, 0.15) is 24.5 Å². The van der Waals surface area contributed by atoms with Gasteiger partial charge in [-0.2, -0.15) is 0 Å². The van der Waals surface area contributed by atoms with Crippen LogP contribution in [0.25, 0.3) is 0 Å².